The van der Waals surface area contributed by atoms with E-state index in [9.17, 15) is 4.79 Å². The number of benzene rings is 1. The Morgan fingerprint density at radius 1 is 1.24 bits per heavy atom. The van der Waals surface area contributed by atoms with Crippen LogP contribution in [-0.2, 0) is 4.79 Å². The fourth-order valence-electron chi connectivity index (χ4n) is 1.57. The number of alkyl halides is 1. The Balaban J connectivity index is 3.04. The standard InChI is InChI=1S/C12H14Cl3NO/c1-3-16(4-2)12(17)11(15)10-8(13)6-5-7-9(10)14/h5-7,11H,3-4H2,1-2H3. The van der Waals surface area contributed by atoms with Gasteiger partial charge in [0, 0.05) is 28.7 Å². The molecule has 1 unspecified atom stereocenters. The van der Waals surface area contributed by atoms with Gasteiger partial charge in [0.15, 0.2) is 0 Å². The molecule has 5 heteroatoms. The van der Waals surface area contributed by atoms with Crippen LogP contribution in [-0.4, -0.2) is 23.9 Å². The van der Waals surface area contributed by atoms with E-state index in [2.05, 4.69) is 0 Å². The number of carbonyl (C=O) groups is 1. The highest BCUT2D eigenvalue weighted by molar-refractivity contribution is 6.40. The molecule has 0 bridgehead atoms. The smallest absolute Gasteiger partial charge is 0.245 e. The van der Waals surface area contributed by atoms with Crippen LogP contribution in [0.5, 0.6) is 0 Å². The zero-order valence-corrected chi connectivity index (χ0v) is 12.0. The van der Waals surface area contributed by atoms with E-state index in [-0.39, 0.29) is 5.91 Å². The van der Waals surface area contributed by atoms with Gasteiger partial charge in [-0.05, 0) is 26.0 Å². The Morgan fingerprint density at radius 3 is 2.12 bits per heavy atom. The van der Waals surface area contributed by atoms with Crippen molar-refractivity contribution < 1.29 is 4.79 Å². The van der Waals surface area contributed by atoms with Crippen molar-refractivity contribution in [3.63, 3.8) is 0 Å². The molecule has 1 atom stereocenters. The molecule has 0 aliphatic carbocycles. The Bertz CT molecular complexity index is 384. The number of carbonyl (C=O) groups excluding carboxylic acids is 1. The molecule has 1 amide bonds. The molecule has 0 saturated heterocycles. The summed E-state index contributed by atoms with van der Waals surface area (Å²) >= 11 is 18.2. The first-order valence-corrected chi connectivity index (χ1v) is 6.58. The Hall–Kier alpha value is -0.440. The van der Waals surface area contributed by atoms with Gasteiger partial charge in [0.05, 0.1) is 0 Å². The number of amides is 1. The van der Waals surface area contributed by atoms with Crippen LogP contribution in [0.1, 0.15) is 24.8 Å². The molecule has 17 heavy (non-hydrogen) atoms. The SMILES string of the molecule is CCN(CC)C(=O)C(Cl)c1c(Cl)cccc1Cl. The fourth-order valence-corrected chi connectivity index (χ4v) is 2.67. The minimum atomic E-state index is -0.837. The van der Waals surface area contributed by atoms with Gasteiger partial charge >= 0.3 is 0 Å². The maximum atomic E-state index is 12.1. The van der Waals surface area contributed by atoms with Crippen LogP contribution in [0.25, 0.3) is 0 Å². The lowest BCUT2D eigenvalue weighted by molar-refractivity contribution is -0.130. The summed E-state index contributed by atoms with van der Waals surface area (Å²) in [6.07, 6.45) is 0. The molecule has 0 aliphatic rings. The molecule has 0 heterocycles. The van der Waals surface area contributed by atoms with E-state index in [4.69, 9.17) is 34.8 Å². The van der Waals surface area contributed by atoms with Gasteiger partial charge in [-0.1, -0.05) is 29.3 Å². The molecule has 0 fully saturated rings. The molecule has 0 N–H and O–H groups in total. The highest BCUT2D eigenvalue weighted by Crippen LogP contribution is 2.35. The summed E-state index contributed by atoms with van der Waals surface area (Å²) in [7, 11) is 0. The summed E-state index contributed by atoms with van der Waals surface area (Å²) < 4.78 is 0. The zero-order valence-electron chi connectivity index (χ0n) is 9.71. The highest BCUT2D eigenvalue weighted by Gasteiger charge is 2.25. The van der Waals surface area contributed by atoms with Crippen LogP contribution in [0.4, 0.5) is 0 Å². The first kappa shape index (κ1) is 14.6. The molecule has 0 saturated carbocycles. The second-order valence-corrected chi connectivity index (χ2v) is 4.76. The van der Waals surface area contributed by atoms with Crippen molar-refractivity contribution in [1.82, 2.24) is 4.90 Å². The maximum Gasteiger partial charge on any atom is 0.245 e. The predicted molar refractivity (Wildman–Crippen MR) is 73.0 cm³/mol. The van der Waals surface area contributed by atoms with Gasteiger partial charge in [-0.3, -0.25) is 4.79 Å². The normalized spacial score (nSPS) is 12.3. The van der Waals surface area contributed by atoms with Crippen molar-refractivity contribution in [2.45, 2.75) is 19.2 Å². The van der Waals surface area contributed by atoms with Gasteiger partial charge in [0.2, 0.25) is 5.91 Å². The van der Waals surface area contributed by atoms with E-state index in [1.807, 2.05) is 13.8 Å². The minimum Gasteiger partial charge on any atom is -0.342 e. The summed E-state index contributed by atoms with van der Waals surface area (Å²) in [4.78, 5) is 13.7. The molecule has 1 rings (SSSR count). The molecule has 94 valence electrons. The largest absolute Gasteiger partial charge is 0.342 e. The zero-order chi connectivity index (χ0) is 13.0. The van der Waals surface area contributed by atoms with Crippen molar-refractivity contribution in [3.8, 4) is 0 Å². The van der Waals surface area contributed by atoms with Gasteiger partial charge in [0.25, 0.3) is 0 Å². The fraction of sp³-hybridized carbons (Fsp3) is 0.417. The quantitative estimate of drug-likeness (QED) is 0.764. The average Bonchev–Trinajstić information content (AvgIpc) is 2.30. The lowest BCUT2D eigenvalue weighted by Gasteiger charge is -2.22. The third kappa shape index (κ3) is 3.27. The Morgan fingerprint density at radius 2 is 1.71 bits per heavy atom. The summed E-state index contributed by atoms with van der Waals surface area (Å²) in [5.41, 5.74) is 0.481. The second-order valence-electron chi connectivity index (χ2n) is 3.51. The van der Waals surface area contributed by atoms with E-state index in [0.29, 0.717) is 28.7 Å². The van der Waals surface area contributed by atoms with Crippen LogP contribution >= 0.6 is 34.8 Å². The second kappa shape index (κ2) is 6.48. The Labute approximate surface area is 116 Å². The number of nitrogens with zero attached hydrogens (tertiary/aromatic N) is 1. The Kier molecular flexibility index (Phi) is 5.57. The first-order chi connectivity index (χ1) is 8.02. The summed E-state index contributed by atoms with van der Waals surface area (Å²) in [5.74, 6) is -0.174. The summed E-state index contributed by atoms with van der Waals surface area (Å²) in [6.45, 7) is 5.03. The van der Waals surface area contributed by atoms with Gasteiger partial charge in [-0.15, -0.1) is 11.6 Å². The van der Waals surface area contributed by atoms with Crippen molar-refractivity contribution in [2.75, 3.05) is 13.1 Å². The van der Waals surface area contributed by atoms with Crippen molar-refractivity contribution in [1.29, 1.82) is 0 Å². The minimum absolute atomic E-state index is 0.174. The monoisotopic (exact) mass is 293 g/mol. The average molecular weight is 295 g/mol. The lowest BCUT2D eigenvalue weighted by Crippen LogP contribution is -2.33. The van der Waals surface area contributed by atoms with E-state index >= 15 is 0 Å². The molecule has 0 aromatic heterocycles. The van der Waals surface area contributed by atoms with Crippen LogP contribution in [0, 0.1) is 0 Å². The van der Waals surface area contributed by atoms with Crippen molar-refractivity contribution in [3.05, 3.63) is 33.8 Å². The summed E-state index contributed by atoms with van der Waals surface area (Å²) in [5, 5.41) is -0.00730. The third-order valence-electron chi connectivity index (χ3n) is 2.55. The number of hydrogen-bond donors (Lipinski definition) is 0. The molecule has 0 radical (unpaired) electrons. The van der Waals surface area contributed by atoms with Crippen LogP contribution in [0.2, 0.25) is 10.0 Å². The predicted octanol–water partition coefficient (Wildman–Crippen LogP) is 4.14. The maximum absolute atomic E-state index is 12.1. The number of likely N-dealkylation sites (N-methyl/N-ethyl adjacent to an activating group) is 1. The van der Waals surface area contributed by atoms with Crippen molar-refractivity contribution >= 4 is 40.7 Å². The molecular formula is C12H14Cl3NO. The van der Waals surface area contributed by atoms with Gasteiger partial charge in [0.1, 0.15) is 5.38 Å². The number of halogens is 3. The van der Waals surface area contributed by atoms with E-state index < -0.39 is 5.38 Å². The van der Waals surface area contributed by atoms with E-state index in [0.717, 1.165) is 0 Å². The van der Waals surface area contributed by atoms with Crippen LogP contribution in [0.3, 0.4) is 0 Å². The van der Waals surface area contributed by atoms with Gasteiger partial charge in [-0.2, -0.15) is 0 Å². The topological polar surface area (TPSA) is 20.3 Å². The van der Waals surface area contributed by atoms with E-state index in [1.54, 1.807) is 23.1 Å². The highest BCUT2D eigenvalue weighted by atomic mass is 35.5. The number of rotatable bonds is 4. The lowest BCUT2D eigenvalue weighted by atomic mass is 10.1. The molecule has 0 spiro atoms. The number of hydrogen-bond acceptors (Lipinski definition) is 1. The third-order valence-corrected chi connectivity index (χ3v) is 3.61. The molecular weight excluding hydrogens is 280 g/mol. The van der Waals surface area contributed by atoms with Gasteiger partial charge in [-0.25, -0.2) is 0 Å². The molecule has 1 aromatic rings. The van der Waals surface area contributed by atoms with Crippen molar-refractivity contribution in [2.24, 2.45) is 0 Å². The van der Waals surface area contributed by atoms with Crippen LogP contribution in [0.15, 0.2) is 18.2 Å². The van der Waals surface area contributed by atoms with Gasteiger partial charge < -0.3 is 4.90 Å². The summed E-state index contributed by atoms with van der Waals surface area (Å²) in [6, 6.07) is 5.07. The molecule has 0 aliphatic heterocycles. The van der Waals surface area contributed by atoms with Crippen LogP contribution < -0.4 is 0 Å². The molecule has 2 nitrogen and oxygen atoms in total. The molecule has 1 aromatic carbocycles. The van der Waals surface area contributed by atoms with E-state index in [1.165, 1.54) is 0 Å². The first-order valence-electron chi connectivity index (χ1n) is 5.39.